The van der Waals surface area contributed by atoms with E-state index in [1.165, 1.54) is 0 Å². The molecule has 0 fully saturated rings. The molecule has 0 saturated carbocycles. The van der Waals surface area contributed by atoms with Crippen LogP contribution < -0.4 is 5.32 Å². The van der Waals surface area contributed by atoms with Crippen molar-refractivity contribution < 1.29 is 4.79 Å². The molecule has 1 rings (SSSR count). The van der Waals surface area contributed by atoms with E-state index in [-0.39, 0.29) is 5.91 Å². The molecule has 0 radical (unpaired) electrons. The first-order chi connectivity index (χ1) is 6.24. The molecule has 0 aliphatic rings. The number of hydrogen-bond donors (Lipinski definition) is 1. The van der Waals surface area contributed by atoms with Crippen molar-refractivity contribution >= 4 is 43.5 Å². The molecule has 0 unspecified atom stereocenters. The fourth-order valence-corrected chi connectivity index (χ4v) is 1.20. The molecule has 1 heterocycles. The maximum atomic E-state index is 11.0. The summed E-state index contributed by atoms with van der Waals surface area (Å²) in [6.45, 7) is 0. The van der Waals surface area contributed by atoms with Crippen LogP contribution in [0, 0.1) is 10.8 Å². The molecule has 0 aliphatic carbocycles. The molecular weight excluding hydrogens is 300 g/mol. The van der Waals surface area contributed by atoms with E-state index in [0.717, 1.165) is 4.47 Å². The van der Waals surface area contributed by atoms with Gasteiger partial charge in [-0.2, -0.15) is 0 Å². The van der Waals surface area contributed by atoms with E-state index in [4.69, 9.17) is 0 Å². The summed E-state index contributed by atoms with van der Waals surface area (Å²) in [7, 11) is 0. The van der Waals surface area contributed by atoms with Crippen molar-refractivity contribution in [3.8, 4) is 10.8 Å². The number of rotatable bonds is 1. The molecule has 0 saturated heterocycles. The van der Waals surface area contributed by atoms with Crippen molar-refractivity contribution in [3.63, 3.8) is 0 Å². The summed E-state index contributed by atoms with van der Waals surface area (Å²) in [5, 5.41) is 2.58. The van der Waals surface area contributed by atoms with Crippen LogP contribution in [-0.4, -0.2) is 10.9 Å². The fourth-order valence-electron chi connectivity index (χ4n) is 0.673. The lowest BCUT2D eigenvalue weighted by atomic mass is 10.4. The number of hydrogen-bond acceptors (Lipinski definition) is 2. The molecule has 13 heavy (non-hydrogen) atoms. The maximum Gasteiger partial charge on any atom is 0.301 e. The summed E-state index contributed by atoms with van der Waals surface area (Å²) in [6, 6.07) is 1.68. The van der Waals surface area contributed by atoms with Crippen LogP contribution in [0.3, 0.4) is 0 Å². The molecule has 1 aromatic heterocycles. The fraction of sp³-hybridized carbons (Fsp3) is 0. The molecule has 0 bridgehead atoms. The van der Waals surface area contributed by atoms with Gasteiger partial charge in [0, 0.05) is 34.2 Å². The Balaban J connectivity index is 2.78. The van der Waals surface area contributed by atoms with Gasteiger partial charge in [-0.05, 0) is 26.8 Å². The van der Waals surface area contributed by atoms with Crippen LogP contribution in [0.2, 0.25) is 0 Å². The summed E-state index contributed by atoms with van der Waals surface area (Å²) < 4.78 is 0.722. The number of anilines is 1. The number of halogens is 2. The van der Waals surface area contributed by atoms with Gasteiger partial charge in [-0.1, -0.05) is 0 Å². The number of nitrogens with zero attached hydrogens (tertiary/aromatic N) is 1. The lowest BCUT2D eigenvalue weighted by Gasteiger charge is -2.01. The first-order valence-corrected chi connectivity index (χ1v) is 4.85. The number of carbonyl (C=O) groups excluding carboxylic acids is 1. The zero-order valence-corrected chi connectivity index (χ0v) is 9.52. The second-order valence-electron chi connectivity index (χ2n) is 2.03. The highest BCUT2D eigenvalue weighted by Gasteiger charge is 2.01. The van der Waals surface area contributed by atoms with Crippen LogP contribution >= 0.6 is 31.9 Å². The van der Waals surface area contributed by atoms with Crippen molar-refractivity contribution in [2.75, 3.05) is 5.32 Å². The first kappa shape index (κ1) is 10.2. The SMILES string of the molecule is O=C(C#CBr)Nc1ccncc1Br. The highest BCUT2D eigenvalue weighted by atomic mass is 79.9. The van der Waals surface area contributed by atoms with E-state index in [9.17, 15) is 4.79 Å². The summed E-state index contributed by atoms with van der Waals surface area (Å²) in [5.74, 6) is 1.93. The Labute approximate surface area is 92.2 Å². The van der Waals surface area contributed by atoms with Crippen molar-refractivity contribution in [1.82, 2.24) is 4.98 Å². The van der Waals surface area contributed by atoms with Crippen molar-refractivity contribution in [2.24, 2.45) is 0 Å². The van der Waals surface area contributed by atoms with E-state index >= 15 is 0 Å². The normalized spacial score (nSPS) is 8.46. The predicted octanol–water partition coefficient (Wildman–Crippen LogP) is 2.14. The summed E-state index contributed by atoms with van der Waals surface area (Å²) in [6.07, 6.45) is 3.18. The molecule has 66 valence electrons. The molecule has 5 heteroatoms. The minimum Gasteiger partial charge on any atom is -0.314 e. The van der Waals surface area contributed by atoms with Crippen LogP contribution in [0.5, 0.6) is 0 Å². The monoisotopic (exact) mass is 302 g/mol. The number of pyridine rings is 1. The third kappa shape index (κ3) is 3.17. The van der Waals surface area contributed by atoms with Gasteiger partial charge in [0.25, 0.3) is 0 Å². The molecule has 0 atom stereocenters. The molecule has 0 spiro atoms. The topological polar surface area (TPSA) is 42.0 Å². The van der Waals surface area contributed by atoms with E-state index in [2.05, 4.69) is 52.9 Å². The van der Waals surface area contributed by atoms with Gasteiger partial charge in [0.1, 0.15) is 0 Å². The average molecular weight is 304 g/mol. The van der Waals surface area contributed by atoms with E-state index in [1.54, 1.807) is 18.5 Å². The van der Waals surface area contributed by atoms with E-state index in [0.29, 0.717) is 5.69 Å². The predicted molar refractivity (Wildman–Crippen MR) is 57.3 cm³/mol. The van der Waals surface area contributed by atoms with Crippen LogP contribution in [0.4, 0.5) is 5.69 Å². The Hall–Kier alpha value is -0.860. The lowest BCUT2D eigenvalue weighted by molar-refractivity contribution is -0.111. The highest BCUT2D eigenvalue weighted by Crippen LogP contribution is 2.19. The van der Waals surface area contributed by atoms with Crippen molar-refractivity contribution in [2.45, 2.75) is 0 Å². The Morgan fingerprint density at radius 3 is 3.00 bits per heavy atom. The zero-order valence-electron chi connectivity index (χ0n) is 6.34. The second kappa shape index (κ2) is 5.00. The van der Waals surface area contributed by atoms with Crippen molar-refractivity contribution in [3.05, 3.63) is 22.9 Å². The van der Waals surface area contributed by atoms with Gasteiger partial charge in [-0.25, -0.2) is 0 Å². The van der Waals surface area contributed by atoms with E-state index < -0.39 is 0 Å². The second-order valence-corrected chi connectivity index (χ2v) is 3.28. The molecular formula is C8H4Br2N2O. The van der Waals surface area contributed by atoms with Gasteiger partial charge in [0.05, 0.1) is 10.2 Å². The van der Waals surface area contributed by atoms with Gasteiger partial charge >= 0.3 is 5.91 Å². The van der Waals surface area contributed by atoms with Crippen molar-refractivity contribution in [1.29, 1.82) is 0 Å². The van der Waals surface area contributed by atoms with E-state index in [1.807, 2.05) is 0 Å². The molecule has 1 amide bonds. The number of carbonyl (C=O) groups is 1. The minimum absolute atomic E-state index is 0.372. The Morgan fingerprint density at radius 2 is 2.38 bits per heavy atom. The smallest absolute Gasteiger partial charge is 0.301 e. The lowest BCUT2D eigenvalue weighted by Crippen LogP contribution is -2.08. The number of nitrogens with one attached hydrogen (secondary N) is 1. The Kier molecular flexibility index (Phi) is 3.93. The Morgan fingerprint density at radius 1 is 1.62 bits per heavy atom. The van der Waals surface area contributed by atoms with Gasteiger partial charge < -0.3 is 5.32 Å². The third-order valence-corrected chi connectivity index (χ3v) is 2.01. The highest BCUT2D eigenvalue weighted by molar-refractivity contribution is 9.12. The van der Waals surface area contributed by atoms with Gasteiger partial charge in [-0.3, -0.25) is 9.78 Å². The van der Waals surface area contributed by atoms with Crippen LogP contribution in [0.1, 0.15) is 0 Å². The number of aromatic nitrogens is 1. The van der Waals surface area contributed by atoms with Gasteiger partial charge in [0.15, 0.2) is 0 Å². The largest absolute Gasteiger partial charge is 0.314 e. The number of amides is 1. The molecule has 1 aromatic rings. The van der Waals surface area contributed by atoms with Crippen LogP contribution in [-0.2, 0) is 4.79 Å². The average Bonchev–Trinajstić information content (AvgIpc) is 2.09. The minimum atomic E-state index is -0.372. The van der Waals surface area contributed by atoms with Crippen LogP contribution in [0.25, 0.3) is 0 Å². The summed E-state index contributed by atoms with van der Waals surface area (Å²) in [4.78, 5) is 17.2. The maximum absolute atomic E-state index is 11.0. The summed E-state index contributed by atoms with van der Waals surface area (Å²) >= 11 is 6.07. The third-order valence-electron chi connectivity index (χ3n) is 1.18. The molecule has 0 aliphatic heterocycles. The first-order valence-electron chi connectivity index (χ1n) is 3.26. The van der Waals surface area contributed by atoms with Gasteiger partial charge in [0.2, 0.25) is 0 Å². The molecule has 0 aromatic carbocycles. The summed E-state index contributed by atoms with van der Waals surface area (Å²) in [5.41, 5.74) is 0.648. The van der Waals surface area contributed by atoms with Gasteiger partial charge in [-0.15, -0.1) is 0 Å². The van der Waals surface area contributed by atoms with Crippen LogP contribution in [0.15, 0.2) is 22.9 Å². The standard InChI is InChI=1S/C8H4Br2N2O/c9-3-1-8(13)12-7-2-4-11-5-6(7)10/h2,4-5H,(H,11,12,13). The molecule has 3 nitrogen and oxygen atoms in total. The zero-order chi connectivity index (χ0) is 9.68. The Bertz CT molecular complexity index is 381. The quantitative estimate of drug-likeness (QED) is 0.808. The molecule has 1 N–H and O–H groups in total.